The van der Waals surface area contributed by atoms with Crippen molar-refractivity contribution in [2.24, 2.45) is 0 Å². The van der Waals surface area contributed by atoms with Gasteiger partial charge in [-0.1, -0.05) is 0 Å². The molecule has 1 rings (SSSR count). The molecule has 114 valence electrons. The molecule has 0 heterocycles. The Bertz CT molecular complexity index is 575. The SMILES string of the molecule is Cc1cc(C(=O)NCC(=O)OC(C)(C)C)ccc1[N+](=O)[O-]. The molecule has 0 aromatic heterocycles. The molecule has 0 saturated carbocycles. The highest BCUT2D eigenvalue weighted by Crippen LogP contribution is 2.18. The summed E-state index contributed by atoms with van der Waals surface area (Å²) in [6.07, 6.45) is 0. The number of esters is 1. The van der Waals surface area contributed by atoms with E-state index in [2.05, 4.69) is 5.32 Å². The molecule has 0 atom stereocenters. The maximum atomic E-state index is 11.9. The molecule has 0 unspecified atom stereocenters. The Morgan fingerprint density at radius 2 is 1.95 bits per heavy atom. The van der Waals surface area contributed by atoms with Crippen LogP contribution in [0.5, 0.6) is 0 Å². The number of ether oxygens (including phenoxy) is 1. The van der Waals surface area contributed by atoms with Crippen LogP contribution in [-0.2, 0) is 9.53 Å². The fourth-order valence-corrected chi connectivity index (χ4v) is 1.63. The van der Waals surface area contributed by atoms with Crippen LogP contribution in [0.1, 0.15) is 36.7 Å². The largest absolute Gasteiger partial charge is 0.459 e. The van der Waals surface area contributed by atoms with E-state index in [1.54, 1.807) is 27.7 Å². The maximum absolute atomic E-state index is 11.9. The minimum absolute atomic E-state index is 0.0568. The van der Waals surface area contributed by atoms with E-state index in [4.69, 9.17) is 4.74 Å². The van der Waals surface area contributed by atoms with Gasteiger partial charge in [-0.15, -0.1) is 0 Å². The number of carbonyl (C=O) groups excluding carboxylic acids is 2. The number of amides is 1. The summed E-state index contributed by atoms with van der Waals surface area (Å²) in [5, 5.41) is 13.1. The van der Waals surface area contributed by atoms with Gasteiger partial charge >= 0.3 is 5.97 Å². The lowest BCUT2D eigenvalue weighted by Crippen LogP contribution is -2.34. The predicted octanol–water partition coefficient (Wildman–Crippen LogP) is 1.97. The Labute approximate surface area is 122 Å². The molecule has 7 nitrogen and oxygen atoms in total. The standard InChI is InChI=1S/C14H18N2O5/c1-9-7-10(5-6-11(9)16(19)20)13(18)15-8-12(17)21-14(2,3)4/h5-7H,8H2,1-4H3,(H,15,18). The fraction of sp³-hybridized carbons (Fsp3) is 0.429. The quantitative estimate of drug-likeness (QED) is 0.520. The summed E-state index contributed by atoms with van der Waals surface area (Å²) >= 11 is 0. The van der Waals surface area contributed by atoms with Gasteiger partial charge in [0.2, 0.25) is 0 Å². The van der Waals surface area contributed by atoms with Gasteiger partial charge in [0.15, 0.2) is 0 Å². The summed E-state index contributed by atoms with van der Waals surface area (Å²) in [7, 11) is 0. The Balaban J connectivity index is 2.67. The van der Waals surface area contributed by atoms with Gasteiger partial charge < -0.3 is 10.1 Å². The second-order valence-corrected chi connectivity index (χ2v) is 5.53. The molecule has 7 heteroatoms. The number of nitro benzene ring substituents is 1. The topological polar surface area (TPSA) is 98.5 Å². The number of aryl methyl sites for hydroxylation is 1. The third-order valence-corrected chi connectivity index (χ3v) is 2.47. The van der Waals surface area contributed by atoms with E-state index in [-0.39, 0.29) is 17.8 Å². The van der Waals surface area contributed by atoms with E-state index < -0.39 is 22.4 Å². The van der Waals surface area contributed by atoms with Gasteiger partial charge in [0.1, 0.15) is 12.1 Å². The summed E-state index contributed by atoms with van der Waals surface area (Å²) in [6.45, 7) is 6.47. The second-order valence-electron chi connectivity index (χ2n) is 5.53. The summed E-state index contributed by atoms with van der Waals surface area (Å²) in [5.41, 5.74) is -0.0450. The first kappa shape index (κ1) is 16.6. The van der Waals surface area contributed by atoms with Crippen LogP contribution in [0.2, 0.25) is 0 Å². The summed E-state index contributed by atoms with van der Waals surface area (Å²) in [4.78, 5) is 33.5. The number of hydrogen-bond acceptors (Lipinski definition) is 5. The van der Waals surface area contributed by atoms with Crippen LogP contribution in [0.25, 0.3) is 0 Å². The average Bonchev–Trinajstić information content (AvgIpc) is 2.33. The van der Waals surface area contributed by atoms with E-state index in [0.29, 0.717) is 5.56 Å². The third-order valence-electron chi connectivity index (χ3n) is 2.47. The highest BCUT2D eigenvalue weighted by Gasteiger charge is 2.18. The van der Waals surface area contributed by atoms with Crippen LogP contribution >= 0.6 is 0 Å². The zero-order valence-corrected chi connectivity index (χ0v) is 12.4. The fourth-order valence-electron chi connectivity index (χ4n) is 1.63. The molecule has 0 aliphatic heterocycles. The van der Waals surface area contributed by atoms with Gasteiger partial charge in [-0.25, -0.2) is 0 Å². The Kier molecular flexibility index (Phi) is 5.02. The van der Waals surface area contributed by atoms with Crippen LogP contribution < -0.4 is 5.32 Å². The molecule has 0 radical (unpaired) electrons. The van der Waals surface area contributed by atoms with Crippen molar-refractivity contribution in [3.05, 3.63) is 39.4 Å². The predicted molar refractivity (Wildman–Crippen MR) is 76.0 cm³/mol. The molecule has 0 aliphatic carbocycles. The van der Waals surface area contributed by atoms with Crippen LogP contribution in [-0.4, -0.2) is 28.9 Å². The van der Waals surface area contributed by atoms with E-state index in [9.17, 15) is 19.7 Å². The van der Waals surface area contributed by atoms with E-state index in [1.807, 2.05) is 0 Å². The molecule has 1 aromatic carbocycles. The van der Waals surface area contributed by atoms with Gasteiger partial charge in [0.25, 0.3) is 11.6 Å². The van der Waals surface area contributed by atoms with Crippen molar-refractivity contribution in [1.29, 1.82) is 0 Å². The molecule has 1 amide bonds. The lowest BCUT2D eigenvalue weighted by atomic mass is 10.1. The van der Waals surface area contributed by atoms with Crippen molar-refractivity contribution in [3.8, 4) is 0 Å². The van der Waals surface area contributed by atoms with Crippen molar-refractivity contribution < 1.29 is 19.2 Å². The third kappa shape index (κ3) is 5.21. The lowest BCUT2D eigenvalue weighted by Gasteiger charge is -2.19. The molecule has 1 aromatic rings. The minimum atomic E-state index is -0.619. The number of rotatable bonds is 4. The number of carbonyl (C=O) groups is 2. The van der Waals surface area contributed by atoms with Crippen molar-refractivity contribution in [1.82, 2.24) is 5.32 Å². The molecule has 0 saturated heterocycles. The second kappa shape index (κ2) is 6.34. The number of nitrogens with one attached hydrogen (secondary N) is 1. The molecular formula is C14H18N2O5. The molecule has 0 fully saturated rings. The normalized spacial score (nSPS) is 10.9. The van der Waals surface area contributed by atoms with Crippen molar-refractivity contribution in [2.45, 2.75) is 33.3 Å². The average molecular weight is 294 g/mol. The Morgan fingerprint density at radius 1 is 1.33 bits per heavy atom. The first-order valence-corrected chi connectivity index (χ1v) is 6.35. The van der Waals surface area contributed by atoms with Crippen molar-refractivity contribution in [2.75, 3.05) is 6.54 Å². The minimum Gasteiger partial charge on any atom is -0.459 e. The van der Waals surface area contributed by atoms with Gasteiger partial charge in [-0.2, -0.15) is 0 Å². The number of nitro groups is 1. The van der Waals surface area contributed by atoms with Gasteiger partial charge in [-0.3, -0.25) is 19.7 Å². The highest BCUT2D eigenvalue weighted by molar-refractivity contribution is 5.96. The maximum Gasteiger partial charge on any atom is 0.325 e. The molecular weight excluding hydrogens is 276 g/mol. The Morgan fingerprint density at radius 3 is 2.43 bits per heavy atom. The Hall–Kier alpha value is -2.44. The van der Waals surface area contributed by atoms with Crippen LogP contribution in [0.3, 0.4) is 0 Å². The summed E-state index contributed by atoms with van der Waals surface area (Å²) < 4.78 is 5.06. The van der Waals surface area contributed by atoms with Crippen LogP contribution in [0.4, 0.5) is 5.69 Å². The van der Waals surface area contributed by atoms with E-state index in [1.165, 1.54) is 18.2 Å². The number of hydrogen-bond donors (Lipinski definition) is 1. The molecule has 21 heavy (non-hydrogen) atoms. The molecule has 0 spiro atoms. The first-order valence-electron chi connectivity index (χ1n) is 6.35. The smallest absolute Gasteiger partial charge is 0.325 e. The van der Waals surface area contributed by atoms with Crippen molar-refractivity contribution >= 4 is 17.6 Å². The van der Waals surface area contributed by atoms with Crippen LogP contribution in [0.15, 0.2) is 18.2 Å². The zero-order valence-electron chi connectivity index (χ0n) is 12.4. The first-order chi connectivity index (χ1) is 9.60. The van der Waals surface area contributed by atoms with Gasteiger partial charge in [0.05, 0.1) is 4.92 Å². The highest BCUT2D eigenvalue weighted by atomic mass is 16.6. The van der Waals surface area contributed by atoms with Crippen molar-refractivity contribution in [3.63, 3.8) is 0 Å². The van der Waals surface area contributed by atoms with E-state index >= 15 is 0 Å². The number of nitrogens with zero attached hydrogens (tertiary/aromatic N) is 1. The van der Waals surface area contributed by atoms with E-state index in [0.717, 1.165) is 0 Å². The lowest BCUT2D eigenvalue weighted by molar-refractivity contribution is -0.385. The van der Waals surface area contributed by atoms with Crippen LogP contribution in [0, 0.1) is 17.0 Å². The molecule has 1 N–H and O–H groups in total. The monoisotopic (exact) mass is 294 g/mol. The molecule has 0 aliphatic rings. The molecule has 0 bridgehead atoms. The summed E-state index contributed by atoms with van der Waals surface area (Å²) in [6, 6.07) is 4.01. The zero-order chi connectivity index (χ0) is 16.2. The van der Waals surface area contributed by atoms with Gasteiger partial charge in [-0.05, 0) is 39.8 Å². The number of benzene rings is 1. The summed E-state index contributed by atoms with van der Waals surface area (Å²) in [5.74, 6) is -1.03. The van der Waals surface area contributed by atoms with Gasteiger partial charge in [0, 0.05) is 17.2 Å².